The Morgan fingerprint density at radius 3 is 2.59 bits per heavy atom. The highest BCUT2D eigenvalue weighted by Gasteiger charge is 2.06. The summed E-state index contributed by atoms with van der Waals surface area (Å²) in [5.41, 5.74) is 0.793. The average Bonchev–Trinajstić information content (AvgIpc) is 2.30. The van der Waals surface area contributed by atoms with Crippen molar-refractivity contribution in [2.45, 2.75) is 25.9 Å². The Morgan fingerprint density at radius 2 is 2.00 bits per heavy atom. The number of aliphatic hydroxyl groups excluding tert-OH is 1. The van der Waals surface area contributed by atoms with Gasteiger partial charge in [-0.05, 0) is 37.5 Å². The largest absolute Gasteiger partial charge is 0.492 e. The molecule has 96 valence electrons. The van der Waals surface area contributed by atoms with Crippen LogP contribution in [0.25, 0.3) is 0 Å². The van der Waals surface area contributed by atoms with E-state index in [-0.39, 0.29) is 0 Å². The molecule has 1 aromatic carbocycles. The standard InChI is InChI=1S/C13H19ClO3/c1-10(15)11-5-6-13(12(14)9-11)17-8-4-3-7-16-2/h5-6,9-10,15H,3-4,7-8H2,1-2H3. The second-order valence-corrected chi connectivity index (χ2v) is 4.32. The van der Waals surface area contributed by atoms with Gasteiger partial charge in [-0.3, -0.25) is 0 Å². The van der Waals surface area contributed by atoms with Crippen LogP contribution in [0.4, 0.5) is 0 Å². The van der Waals surface area contributed by atoms with Crippen LogP contribution in [-0.2, 0) is 4.74 Å². The second-order valence-electron chi connectivity index (χ2n) is 3.91. The number of halogens is 1. The summed E-state index contributed by atoms with van der Waals surface area (Å²) in [5, 5.41) is 9.94. The molecule has 0 aromatic heterocycles. The van der Waals surface area contributed by atoms with Crippen molar-refractivity contribution in [3.8, 4) is 5.75 Å². The van der Waals surface area contributed by atoms with Crippen molar-refractivity contribution in [3.63, 3.8) is 0 Å². The predicted molar refractivity (Wildman–Crippen MR) is 68.7 cm³/mol. The molecule has 0 bridgehead atoms. The summed E-state index contributed by atoms with van der Waals surface area (Å²) >= 11 is 6.05. The van der Waals surface area contributed by atoms with E-state index in [2.05, 4.69) is 0 Å². The number of methoxy groups -OCH3 is 1. The summed E-state index contributed by atoms with van der Waals surface area (Å²) in [4.78, 5) is 0. The lowest BCUT2D eigenvalue weighted by Crippen LogP contribution is -2.00. The van der Waals surface area contributed by atoms with Gasteiger partial charge in [0, 0.05) is 13.7 Å². The zero-order chi connectivity index (χ0) is 12.7. The normalized spacial score (nSPS) is 12.5. The first kappa shape index (κ1) is 14.3. The molecule has 17 heavy (non-hydrogen) atoms. The molecular weight excluding hydrogens is 240 g/mol. The maximum absolute atomic E-state index is 9.40. The van der Waals surface area contributed by atoms with Gasteiger partial charge in [0.05, 0.1) is 17.7 Å². The molecule has 1 unspecified atom stereocenters. The van der Waals surface area contributed by atoms with E-state index in [0.29, 0.717) is 17.4 Å². The number of unbranched alkanes of at least 4 members (excludes halogenated alkanes) is 1. The van der Waals surface area contributed by atoms with Gasteiger partial charge in [-0.25, -0.2) is 0 Å². The minimum atomic E-state index is -0.511. The molecular formula is C13H19ClO3. The van der Waals surface area contributed by atoms with E-state index in [1.165, 1.54) is 0 Å². The van der Waals surface area contributed by atoms with Gasteiger partial charge in [-0.1, -0.05) is 17.7 Å². The smallest absolute Gasteiger partial charge is 0.137 e. The van der Waals surface area contributed by atoms with Crippen LogP contribution in [-0.4, -0.2) is 25.4 Å². The first-order valence-electron chi connectivity index (χ1n) is 5.74. The third-order valence-electron chi connectivity index (χ3n) is 2.44. The van der Waals surface area contributed by atoms with Gasteiger partial charge in [-0.2, -0.15) is 0 Å². The van der Waals surface area contributed by atoms with Gasteiger partial charge >= 0.3 is 0 Å². The Hall–Kier alpha value is -0.770. The van der Waals surface area contributed by atoms with E-state index in [0.717, 1.165) is 25.0 Å². The summed E-state index contributed by atoms with van der Waals surface area (Å²) in [6, 6.07) is 5.35. The molecule has 0 radical (unpaired) electrons. The van der Waals surface area contributed by atoms with Crippen molar-refractivity contribution in [2.75, 3.05) is 20.3 Å². The van der Waals surface area contributed by atoms with Crippen LogP contribution >= 0.6 is 11.6 Å². The van der Waals surface area contributed by atoms with E-state index in [4.69, 9.17) is 21.1 Å². The number of hydrogen-bond donors (Lipinski definition) is 1. The SMILES string of the molecule is COCCCCOc1ccc(C(C)O)cc1Cl. The average molecular weight is 259 g/mol. The van der Waals surface area contributed by atoms with Crippen LogP contribution < -0.4 is 4.74 Å². The molecule has 3 nitrogen and oxygen atoms in total. The molecule has 0 amide bonds. The molecule has 1 atom stereocenters. The third-order valence-corrected chi connectivity index (χ3v) is 2.73. The number of ether oxygens (including phenoxy) is 2. The summed E-state index contributed by atoms with van der Waals surface area (Å²) in [6.07, 6.45) is 1.39. The van der Waals surface area contributed by atoms with Gasteiger partial charge in [0.15, 0.2) is 0 Å². The minimum Gasteiger partial charge on any atom is -0.492 e. The second kappa shape index (κ2) is 7.54. The maximum Gasteiger partial charge on any atom is 0.137 e. The lowest BCUT2D eigenvalue weighted by atomic mass is 10.1. The van der Waals surface area contributed by atoms with Crippen molar-refractivity contribution in [1.82, 2.24) is 0 Å². The molecule has 0 saturated heterocycles. The number of aliphatic hydroxyl groups is 1. The van der Waals surface area contributed by atoms with E-state index in [1.807, 2.05) is 6.07 Å². The van der Waals surface area contributed by atoms with Crippen LogP contribution in [0.5, 0.6) is 5.75 Å². The Morgan fingerprint density at radius 1 is 1.29 bits per heavy atom. The topological polar surface area (TPSA) is 38.7 Å². The van der Waals surface area contributed by atoms with Crippen molar-refractivity contribution >= 4 is 11.6 Å². The number of benzene rings is 1. The fraction of sp³-hybridized carbons (Fsp3) is 0.538. The first-order valence-corrected chi connectivity index (χ1v) is 6.12. The van der Waals surface area contributed by atoms with Crippen molar-refractivity contribution < 1.29 is 14.6 Å². The Labute approximate surface area is 107 Å². The van der Waals surface area contributed by atoms with Crippen molar-refractivity contribution in [1.29, 1.82) is 0 Å². The molecule has 1 aromatic rings. The quantitative estimate of drug-likeness (QED) is 0.764. The van der Waals surface area contributed by atoms with Crippen LogP contribution in [0.1, 0.15) is 31.4 Å². The highest BCUT2D eigenvalue weighted by molar-refractivity contribution is 6.32. The monoisotopic (exact) mass is 258 g/mol. The minimum absolute atomic E-state index is 0.511. The molecule has 0 aliphatic carbocycles. The van der Waals surface area contributed by atoms with E-state index >= 15 is 0 Å². The van der Waals surface area contributed by atoms with Crippen molar-refractivity contribution in [3.05, 3.63) is 28.8 Å². The Kier molecular flexibility index (Phi) is 6.34. The number of rotatable bonds is 7. The fourth-order valence-electron chi connectivity index (χ4n) is 1.42. The van der Waals surface area contributed by atoms with Gasteiger partial charge in [-0.15, -0.1) is 0 Å². The molecule has 4 heteroatoms. The summed E-state index contributed by atoms with van der Waals surface area (Å²) < 4.78 is 10.5. The third kappa shape index (κ3) is 4.94. The molecule has 0 aliphatic rings. The van der Waals surface area contributed by atoms with Crippen LogP contribution in [0.15, 0.2) is 18.2 Å². The lowest BCUT2D eigenvalue weighted by Gasteiger charge is -2.10. The molecule has 0 aliphatic heterocycles. The van der Waals surface area contributed by atoms with E-state index < -0.39 is 6.10 Å². The summed E-state index contributed by atoms with van der Waals surface area (Å²) in [6.45, 7) is 3.08. The zero-order valence-electron chi connectivity index (χ0n) is 10.3. The Balaban J connectivity index is 2.43. The fourth-order valence-corrected chi connectivity index (χ4v) is 1.67. The van der Waals surface area contributed by atoms with Gasteiger partial charge in [0.1, 0.15) is 5.75 Å². The molecule has 1 N–H and O–H groups in total. The maximum atomic E-state index is 9.40. The summed E-state index contributed by atoms with van der Waals surface area (Å²) in [7, 11) is 1.69. The molecule has 0 saturated carbocycles. The first-order chi connectivity index (χ1) is 8.15. The van der Waals surface area contributed by atoms with E-state index in [9.17, 15) is 5.11 Å². The molecule has 0 fully saturated rings. The van der Waals surface area contributed by atoms with Crippen molar-refractivity contribution in [2.24, 2.45) is 0 Å². The Bertz CT molecular complexity index is 339. The summed E-state index contributed by atoms with van der Waals surface area (Å²) in [5.74, 6) is 0.661. The molecule has 1 rings (SSSR count). The highest BCUT2D eigenvalue weighted by Crippen LogP contribution is 2.27. The number of hydrogen-bond acceptors (Lipinski definition) is 3. The molecule has 0 spiro atoms. The van der Waals surface area contributed by atoms with Crippen LogP contribution in [0.2, 0.25) is 5.02 Å². The highest BCUT2D eigenvalue weighted by atomic mass is 35.5. The van der Waals surface area contributed by atoms with Gasteiger partial charge in [0.2, 0.25) is 0 Å². The lowest BCUT2D eigenvalue weighted by molar-refractivity contribution is 0.184. The van der Waals surface area contributed by atoms with Crippen LogP contribution in [0.3, 0.4) is 0 Å². The van der Waals surface area contributed by atoms with Crippen LogP contribution in [0, 0.1) is 0 Å². The zero-order valence-corrected chi connectivity index (χ0v) is 11.0. The van der Waals surface area contributed by atoms with Gasteiger partial charge in [0.25, 0.3) is 0 Å². The molecule has 0 heterocycles. The predicted octanol–water partition coefficient (Wildman–Crippen LogP) is 3.20. The van der Waals surface area contributed by atoms with E-state index in [1.54, 1.807) is 26.2 Å². The van der Waals surface area contributed by atoms with Gasteiger partial charge < -0.3 is 14.6 Å².